The lowest BCUT2D eigenvalue weighted by atomic mass is 10.2. The zero-order valence-corrected chi connectivity index (χ0v) is 15.8. The van der Waals surface area contributed by atoms with E-state index in [0.29, 0.717) is 11.4 Å². The van der Waals surface area contributed by atoms with E-state index in [-0.39, 0.29) is 17.2 Å². The molecule has 0 spiro atoms. The van der Waals surface area contributed by atoms with Crippen LogP contribution in [0.4, 0.5) is 5.69 Å². The van der Waals surface area contributed by atoms with E-state index >= 15 is 0 Å². The Kier molecular flexibility index (Phi) is 5.32. The van der Waals surface area contributed by atoms with E-state index in [9.17, 15) is 9.59 Å². The second kappa shape index (κ2) is 7.66. The fourth-order valence-corrected chi connectivity index (χ4v) is 3.58. The molecule has 26 heavy (non-hydrogen) atoms. The molecule has 6 heteroatoms. The van der Waals surface area contributed by atoms with Gasteiger partial charge in [-0.2, -0.15) is 0 Å². The maximum Gasteiger partial charge on any atom is 0.295 e. The molecule has 134 valence electrons. The molecule has 1 amide bonds. The normalized spacial score (nSPS) is 10.7. The number of hydrogen-bond acceptors (Lipinski definition) is 3. The van der Waals surface area contributed by atoms with Gasteiger partial charge in [0.25, 0.3) is 5.56 Å². The van der Waals surface area contributed by atoms with Crippen molar-refractivity contribution in [3.63, 3.8) is 0 Å². The van der Waals surface area contributed by atoms with Gasteiger partial charge in [-0.25, -0.2) is 4.68 Å². The fourth-order valence-electron chi connectivity index (χ4n) is 2.75. The molecule has 0 radical (unpaired) electrons. The highest BCUT2D eigenvalue weighted by molar-refractivity contribution is 8.00. The molecule has 0 fully saturated rings. The van der Waals surface area contributed by atoms with Crippen LogP contribution in [-0.4, -0.2) is 21.0 Å². The Morgan fingerprint density at radius 3 is 2.38 bits per heavy atom. The molecular formula is C20H21N3O2S. The molecule has 0 aliphatic rings. The molecule has 1 aromatic heterocycles. The van der Waals surface area contributed by atoms with Crippen LogP contribution in [-0.2, 0) is 11.8 Å². The maximum absolute atomic E-state index is 12.8. The van der Waals surface area contributed by atoms with E-state index in [2.05, 4.69) is 5.32 Å². The van der Waals surface area contributed by atoms with Gasteiger partial charge in [0.1, 0.15) is 5.69 Å². The van der Waals surface area contributed by atoms with Crippen LogP contribution in [0.15, 0.2) is 64.3 Å². The average molecular weight is 367 g/mol. The van der Waals surface area contributed by atoms with E-state index in [1.54, 1.807) is 9.36 Å². The van der Waals surface area contributed by atoms with Crippen molar-refractivity contribution in [2.45, 2.75) is 18.7 Å². The van der Waals surface area contributed by atoms with Crippen molar-refractivity contribution in [1.29, 1.82) is 0 Å². The number of rotatable bonds is 5. The van der Waals surface area contributed by atoms with Gasteiger partial charge in [-0.15, -0.1) is 11.8 Å². The molecule has 0 atom stereocenters. The van der Waals surface area contributed by atoms with Crippen LogP contribution in [0.1, 0.15) is 11.3 Å². The summed E-state index contributed by atoms with van der Waals surface area (Å²) in [6.45, 7) is 3.84. The first kappa shape index (κ1) is 18.1. The number of benzene rings is 2. The summed E-state index contributed by atoms with van der Waals surface area (Å²) in [5.41, 5.74) is 2.70. The molecule has 0 saturated carbocycles. The minimum atomic E-state index is -0.231. The molecule has 1 heterocycles. The fraction of sp³-hybridized carbons (Fsp3) is 0.200. The largest absolute Gasteiger partial charge is 0.319 e. The van der Waals surface area contributed by atoms with Crippen molar-refractivity contribution in [1.82, 2.24) is 9.36 Å². The first-order chi connectivity index (χ1) is 12.5. The molecule has 3 rings (SSSR count). The Hall–Kier alpha value is -2.73. The lowest BCUT2D eigenvalue weighted by molar-refractivity contribution is -0.113. The molecular weight excluding hydrogens is 346 g/mol. The Bertz CT molecular complexity index is 990. The van der Waals surface area contributed by atoms with Gasteiger partial charge in [0.2, 0.25) is 5.91 Å². The number of aryl methyl sites for hydroxylation is 1. The van der Waals surface area contributed by atoms with Crippen LogP contribution in [0.3, 0.4) is 0 Å². The number of nitrogens with one attached hydrogen (secondary N) is 1. The summed E-state index contributed by atoms with van der Waals surface area (Å²) in [4.78, 5) is 26.2. The summed E-state index contributed by atoms with van der Waals surface area (Å²) >= 11 is 1.47. The summed E-state index contributed by atoms with van der Waals surface area (Å²) in [5, 5.41) is 2.79. The van der Waals surface area contributed by atoms with Gasteiger partial charge in [-0.05, 0) is 37.6 Å². The van der Waals surface area contributed by atoms with Crippen LogP contribution >= 0.6 is 11.8 Å². The number of carbonyl (C=O) groups excluding carboxylic acids is 1. The quantitative estimate of drug-likeness (QED) is 0.702. The number of nitrogens with zero attached hydrogens (tertiary/aromatic N) is 2. The van der Waals surface area contributed by atoms with Crippen molar-refractivity contribution in [2.24, 2.45) is 7.05 Å². The number of aromatic nitrogens is 2. The summed E-state index contributed by atoms with van der Waals surface area (Å²) in [6, 6.07) is 17.3. The van der Waals surface area contributed by atoms with Crippen molar-refractivity contribution < 1.29 is 4.79 Å². The van der Waals surface area contributed by atoms with Crippen LogP contribution in [0.5, 0.6) is 0 Å². The molecule has 0 aliphatic carbocycles. The zero-order chi connectivity index (χ0) is 18.7. The third-order valence-electron chi connectivity index (χ3n) is 4.27. The summed E-state index contributed by atoms with van der Waals surface area (Å²) < 4.78 is 3.31. The van der Waals surface area contributed by atoms with Crippen LogP contribution in [0.2, 0.25) is 0 Å². The highest BCUT2D eigenvalue weighted by atomic mass is 32.2. The Morgan fingerprint density at radius 1 is 1.04 bits per heavy atom. The van der Waals surface area contributed by atoms with E-state index in [4.69, 9.17) is 0 Å². The molecule has 0 bridgehead atoms. The summed E-state index contributed by atoms with van der Waals surface area (Å²) in [6.07, 6.45) is 0. The highest BCUT2D eigenvalue weighted by Gasteiger charge is 2.18. The molecule has 0 unspecified atom stereocenters. The summed E-state index contributed by atoms with van der Waals surface area (Å²) in [7, 11) is 1.81. The molecule has 3 aromatic rings. The maximum atomic E-state index is 12.8. The lowest BCUT2D eigenvalue weighted by Crippen LogP contribution is -2.23. The number of hydrogen-bond donors (Lipinski definition) is 1. The van der Waals surface area contributed by atoms with Gasteiger partial charge in [0.15, 0.2) is 0 Å². The van der Waals surface area contributed by atoms with Crippen molar-refractivity contribution in [3.05, 3.63) is 76.2 Å². The average Bonchev–Trinajstić information content (AvgIpc) is 2.85. The number of amides is 1. The monoisotopic (exact) mass is 367 g/mol. The predicted molar refractivity (Wildman–Crippen MR) is 106 cm³/mol. The minimum absolute atomic E-state index is 0.190. The Labute approximate surface area is 156 Å². The van der Waals surface area contributed by atoms with E-state index in [1.165, 1.54) is 11.8 Å². The minimum Gasteiger partial charge on any atom is -0.319 e. The number of para-hydroxylation sites is 1. The second-order valence-corrected chi connectivity index (χ2v) is 7.06. The first-order valence-electron chi connectivity index (χ1n) is 8.31. The molecule has 0 saturated heterocycles. The van der Waals surface area contributed by atoms with Crippen molar-refractivity contribution >= 4 is 23.4 Å². The number of anilines is 1. The molecule has 2 aromatic carbocycles. The topological polar surface area (TPSA) is 56.0 Å². The van der Waals surface area contributed by atoms with Gasteiger partial charge < -0.3 is 5.32 Å². The zero-order valence-electron chi connectivity index (χ0n) is 15.0. The SMILES string of the molecule is Cc1ccccc1SCC(=O)Nc1c(C)n(C)n(-c2ccccc2)c1=O. The Morgan fingerprint density at radius 2 is 1.69 bits per heavy atom. The van der Waals surface area contributed by atoms with Crippen LogP contribution < -0.4 is 10.9 Å². The predicted octanol–water partition coefficient (Wildman–Crippen LogP) is 3.52. The Balaban J connectivity index is 1.79. The highest BCUT2D eigenvalue weighted by Crippen LogP contribution is 2.22. The van der Waals surface area contributed by atoms with Crippen LogP contribution in [0, 0.1) is 13.8 Å². The van der Waals surface area contributed by atoms with Gasteiger partial charge in [-0.3, -0.25) is 14.3 Å². The molecule has 5 nitrogen and oxygen atoms in total. The van der Waals surface area contributed by atoms with Gasteiger partial charge in [0.05, 0.1) is 17.1 Å². The molecule has 0 aliphatic heterocycles. The molecule has 1 N–H and O–H groups in total. The third kappa shape index (κ3) is 3.60. The smallest absolute Gasteiger partial charge is 0.295 e. The van der Waals surface area contributed by atoms with Crippen molar-refractivity contribution in [2.75, 3.05) is 11.1 Å². The van der Waals surface area contributed by atoms with E-state index in [0.717, 1.165) is 16.1 Å². The van der Waals surface area contributed by atoms with Gasteiger partial charge in [0, 0.05) is 11.9 Å². The first-order valence-corrected chi connectivity index (χ1v) is 9.30. The summed E-state index contributed by atoms with van der Waals surface area (Å²) in [5.74, 6) is 0.0634. The van der Waals surface area contributed by atoms with E-state index in [1.807, 2.05) is 75.5 Å². The van der Waals surface area contributed by atoms with Crippen molar-refractivity contribution in [3.8, 4) is 5.69 Å². The number of thioether (sulfide) groups is 1. The third-order valence-corrected chi connectivity index (χ3v) is 5.45. The number of carbonyl (C=O) groups is 1. The van der Waals surface area contributed by atoms with E-state index < -0.39 is 0 Å². The standard InChI is InChI=1S/C20H21N3O2S/c1-14-9-7-8-12-17(14)26-13-18(24)21-19-15(2)22(3)23(20(19)25)16-10-5-4-6-11-16/h4-12H,13H2,1-3H3,(H,21,24). The van der Waals surface area contributed by atoms with Crippen LogP contribution in [0.25, 0.3) is 5.69 Å². The van der Waals surface area contributed by atoms with Gasteiger partial charge >= 0.3 is 0 Å². The van der Waals surface area contributed by atoms with Gasteiger partial charge in [-0.1, -0.05) is 36.4 Å². The lowest BCUT2D eigenvalue weighted by Gasteiger charge is -2.07. The second-order valence-electron chi connectivity index (χ2n) is 6.04.